The van der Waals surface area contributed by atoms with Crippen molar-refractivity contribution in [2.75, 3.05) is 18.4 Å². The van der Waals surface area contributed by atoms with E-state index in [1.807, 2.05) is 0 Å². The summed E-state index contributed by atoms with van der Waals surface area (Å²) in [5.74, 6) is 0.710. The zero-order chi connectivity index (χ0) is 21.3. The highest BCUT2D eigenvalue weighted by Crippen LogP contribution is 2.33. The largest absolute Gasteiger partial charge is 0.461 e. The fourth-order valence-electron chi connectivity index (χ4n) is 3.37. The molecular formula is C20H19F3N4O2S. The molecule has 1 fully saturated rings. The number of nitrogens with one attached hydrogen (secondary N) is 1. The van der Waals surface area contributed by atoms with Gasteiger partial charge in [0.05, 0.1) is 17.7 Å². The molecule has 1 amide bonds. The standard InChI is InChI=1S/C20H19F3N4O2S/c1-12-15(10-16(29-12)13-5-4-6-14(9-13)20(21,22)23)18(28)25-19-24-17(26-30-19)11-27-7-2-3-8-27/h4-6,9-10H,2-3,7-8,11H2,1H3,(H,24,25,26,28). The highest BCUT2D eigenvalue weighted by atomic mass is 32.1. The summed E-state index contributed by atoms with van der Waals surface area (Å²) in [7, 11) is 0. The Morgan fingerprint density at radius 2 is 2.03 bits per heavy atom. The van der Waals surface area contributed by atoms with Gasteiger partial charge in [-0.3, -0.25) is 15.0 Å². The van der Waals surface area contributed by atoms with Crippen LogP contribution in [0, 0.1) is 6.92 Å². The van der Waals surface area contributed by atoms with Crippen LogP contribution in [-0.2, 0) is 12.7 Å². The Kier molecular flexibility index (Phi) is 5.61. The van der Waals surface area contributed by atoms with Gasteiger partial charge < -0.3 is 4.42 Å². The molecule has 0 unspecified atom stereocenters. The molecule has 1 N–H and O–H groups in total. The van der Waals surface area contributed by atoms with Crippen LogP contribution in [0.15, 0.2) is 34.7 Å². The highest BCUT2D eigenvalue weighted by Gasteiger charge is 2.31. The average Bonchev–Trinajstić information content (AvgIpc) is 3.43. The molecule has 6 nitrogen and oxygen atoms in total. The number of hydrogen-bond acceptors (Lipinski definition) is 6. The van der Waals surface area contributed by atoms with Gasteiger partial charge in [0.2, 0.25) is 5.13 Å². The zero-order valence-electron chi connectivity index (χ0n) is 16.1. The maximum absolute atomic E-state index is 13.0. The summed E-state index contributed by atoms with van der Waals surface area (Å²) >= 11 is 1.09. The maximum Gasteiger partial charge on any atom is 0.416 e. The van der Waals surface area contributed by atoms with Gasteiger partial charge in [-0.15, -0.1) is 0 Å². The van der Waals surface area contributed by atoms with E-state index in [-0.39, 0.29) is 16.9 Å². The van der Waals surface area contributed by atoms with Gasteiger partial charge in [0.25, 0.3) is 5.91 Å². The minimum atomic E-state index is -4.46. The van der Waals surface area contributed by atoms with Crippen molar-refractivity contribution < 1.29 is 22.4 Å². The van der Waals surface area contributed by atoms with Gasteiger partial charge in [-0.1, -0.05) is 12.1 Å². The van der Waals surface area contributed by atoms with Crippen LogP contribution in [0.1, 0.15) is 40.3 Å². The molecule has 158 valence electrons. The lowest BCUT2D eigenvalue weighted by Gasteiger charge is -2.10. The van der Waals surface area contributed by atoms with Crippen molar-refractivity contribution in [2.24, 2.45) is 0 Å². The predicted octanol–water partition coefficient (Wildman–Crippen LogP) is 4.97. The summed E-state index contributed by atoms with van der Waals surface area (Å²) in [4.78, 5) is 19.2. The topological polar surface area (TPSA) is 71.3 Å². The molecule has 1 aromatic carbocycles. The van der Waals surface area contributed by atoms with E-state index >= 15 is 0 Å². The fraction of sp³-hybridized carbons (Fsp3) is 0.350. The molecule has 4 rings (SSSR count). The molecule has 30 heavy (non-hydrogen) atoms. The third-order valence-corrected chi connectivity index (χ3v) is 5.56. The second-order valence-electron chi connectivity index (χ2n) is 7.11. The summed E-state index contributed by atoms with van der Waals surface area (Å²) in [5.41, 5.74) is -0.297. The van der Waals surface area contributed by atoms with Crippen molar-refractivity contribution in [1.29, 1.82) is 0 Å². The lowest BCUT2D eigenvalue weighted by atomic mass is 10.1. The number of alkyl halides is 3. The summed E-state index contributed by atoms with van der Waals surface area (Å²) in [6.45, 7) is 4.28. The van der Waals surface area contributed by atoms with E-state index in [0.717, 1.165) is 36.8 Å². The molecule has 0 radical (unpaired) electrons. The molecule has 0 spiro atoms. The number of nitrogens with zero attached hydrogens (tertiary/aromatic N) is 3. The first-order valence-corrected chi connectivity index (χ1v) is 10.2. The summed E-state index contributed by atoms with van der Waals surface area (Å²) in [6, 6.07) is 6.23. The van der Waals surface area contributed by atoms with Crippen LogP contribution in [0.5, 0.6) is 0 Å². The first-order chi connectivity index (χ1) is 14.3. The molecule has 0 atom stereocenters. The second-order valence-corrected chi connectivity index (χ2v) is 7.86. The van der Waals surface area contributed by atoms with E-state index in [9.17, 15) is 18.0 Å². The van der Waals surface area contributed by atoms with Crippen LogP contribution in [0.4, 0.5) is 18.3 Å². The number of benzene rings is 1. The van der Waals surface area contributed by atoms with E-state index in [1.54, 1.807) is 6.92 Å². The van der Waals surface area contributed by atoms with E-state index in [0.29, 0.717) is 23.3 Å². The smallest absolute Gasteiger partial charge is 0.416 e. The van der Waals surface area contributed by atoms with Gasteiger partial charge in [-0.05, 0) is 51.1 Å². The molecule has 0 saturated carbocycles. The lowest BCUT2D eigenvalue weighted by Crippen LogP contribution is -2.19. The van der Waals surface area contributed by atoms with Crippen molar-refractivity contribution in [3.8, 4) is 11.3 Å². The Morgan fingerprint density at radius 1 is 1.27 bits per heavy atom. The van der Waals surface area contributed by atoms with Gasteiger partial charge in [0.15, 0.2) is 5.82 Å². The number of carbonyl (C=O) groups is 1. The van der Waals surface area contributed by atoms with E-state index in [4.69, 9.17) is 4.42 Å². The van der Waals surface area contributed by atoms with Gasteiger partial charge >= 0.3 is 6.18 Å². The molecule has 3 heterocycles. The molecule has 0 bridgehead atoms. The number of furan rings is 1. The highest BCUT2D eigenvalue weighted by molar-refractivity contribution is 7.09. The second kappa shape index (κ2) is 8.19. The van der Waals surface area contributed by atoms with Crippen molar-refractivity contribution in [3.05, 3.63) is 53.0 Å². The van der Waals surface area contributed by atoms with Crippen molar-refractivity contribution in [2.45, 2.75) is 32.5 Å². The van der Waals surface area contributed by atoms with Crippen LogP contribution in [-0.4, -0.2) is 33.3 Å². The number of aromatic nitrogens is 2. The Hall–Kier alpha value is -2.72. The monoisotopic (exact) mass is 436 g/mol. The maximum atomic E-state index is 13.0. The number of likely N-dealkylation sites (tertiary alicyclic amines) is 1. The molecule has 1 aliphatic heterocycles. The number of anilines is 1. The van der Waals surface area contributed by atoms with Crippen LogP contribution >= 0.6 is 11.5 Å². The predicted molar refractivity (Wildman–Crippen MR) is 106 cm³/mol. The fourth-order valence-corrected chi connectivity index (χ4v) is 3.95. The van der Waals surface area contributed by atoms with Gasteiger partial charge in [-0.2, -0.15) is 17.5 Å². The molecule has 3 aromatic rings. The normalized spacial score (nSPS) is 14.9. The number of halogens is 3. The number of hydrogen-bond donors (Lipinski definition) is 1. The first kappa shape index (κ1) is 20.5. The van der Waals surface area contributed by atoms with E-state index < -0.39 is 17.6 Å². The number of carbonyl (C=O) groups excluding carboxylic acids is 1. The molecule has 1 saturated heterocycles. The molecule has 10 heteroatoms. The van der Waals surface area contributed by atoms with Gasteiger partial charge in [0.1, 0.15) is 11.5 Å². The lowest BCUT2D eigenvalue weighted by molar-refractivity contribution is -0.137. The molecule has 2 aromatic heterocycles. The van der Waals surface area contributed by atoms with Crippen molar-refractivity contribution in [1.82, 2.24) is 14.3 Å². The summed E-state index contributed by atoms with van der Waals surface area (Å²) < 4.78 is 48.7. The molecule has 1 aliphatic rings. The zero-order valence-corrected chi connectivity index (χ0v) is 16.9. The number of amides is 1. The number of rotatable bonds is 5. The summed E-state index contributed by atoms with van der Waals surface area (Å²) in [5, 5.41) is 3.06. The van der Waals surface area contributed by atoms with Crippen LogP contribution < -0.4 is 5.32 Å². The van der Waals surface area contributed by atoms with E-state index in [2.05, 4.69) is 19.6 Å². The van der Waals surface area contributed by atoms with Crippen molar-refractivity contribution >= 4 is 22.6 Å². The first-order valence-electron chi connectivity index (χ1n) is 9.44. The Labute approximate surface area is 174 Å². The molecular weight excluding hydrogens is 417 g/mol. The Morgan fingerprint density at radius 3 is 2.77 bits per heavy atom. The minimum absolute atomic E-state index is 0.190. The van der Waals surface area contributed by atoms with Gasteiger partial charge in [0, 0.05) is 17.1 Å². The average molecular weight is 436 g/mol. The molecule has 0 aliphatic carbocycles. The van der Waals surface area contributed by atoms with Crippen molar-refractivity contribution in [3.63, 3.8) is 0 Å². The Bertz CT molecular complexity index is 1050. The Balaban J connectivity index is 1.48. The van der Waals surface area contributed by atoms with Crippen LogP contribution in [0.2, 0.25) is 0 Å². The van der Waals surface area contributed by atoms with E-state index in [1.165, 1.54) is 31.0 Å². The third kappa shape index (κ3) is 4.54. The van der Waals surface area contributed by atoms with Gasteiger partial charge in [-0.25, -0.2) is 4.98 Å². The SMILES string of the molecule is Cc1oc(-c2cccc(C(F)(F)F)c2)cc1C(=O)Nc1nc(CN2CCCC2)ns1. The summed E-state index contributed by atoms with van der Waals surface area (Å²) in [6.07, 6.45) is -2.12. The quantitative estimate of drug-likeness (QED) is 0.611. The third-order valence-electron chi connectivity index (χ3n) is 4.89. The van der Waals surface area contributed by atoms with Crippen LogP contribution in [0.25, 0.3) is 11.3 Å². The minimum Gasteiger partial charge on any atom is -0.461 e. The van der Waals surface area contributed by atoms with Crippen LogP contribution in [0.3, 0.4) is 0 Å². The number of aryl methyl sites for hydroxylation is 1.